The number of hydrogen-bond acceptors (Lipinski definition) is 2. The Balaban J connectivity index is 1.97. The molecule has 1 aliphatic rings. The molecule has 1 fully saturated rings. The molecule has 21 heavy (non-hydrogen) atoms. The molecule has 1 aromatic rings. The number of aryl methyl sites for hydroxylation is 1. The molecule has 2 unspecified atom stereocenters. The van der Waals surface area contributed by atoms with Crippen molar-refractivity contribution in [1.82, 2.24) is 0 Å². The second-order valence-electron chi connectivity index (χ2n) is 6.35. The Labute approximate surface area is 127 Å². The van der Waals surface area contributed by atoms with E-state index in [0.29, 0.717) is 11.8 Å². The van der Waals surface area contributed by atoms with Crippen LogP contribution in [-0.4, -0.2) is 17.7 Å². The number of carbonyl (C=O) groups is 1. The average molecular weight is 290 g/mol. The summed E-state index contributed by atoms with van der Waals surface area (Å²) in [5, 5.41) is 8.94. The average Bonchev–Trinajstić information content (AvgIpc) is 3.23. The predicted octanol–water partition coefficient (Wildman–Crippen LogP) is 4.25. The molecule has 1 aromatic carbocycles. The van der Waals surface area contributed by atoms with E-state index in [1.165, 1.54) is 11.1 Å². The van der Waals surface area contributed by atoms with Crippen LogP contribution in [0.4, 0.5) is 0 Å². The molecule has 116 valence electrons. The van der Waals surface area contributed by atoms with Gasteiger partial charge in [0.25, 0.3) is 0 Å². The lowest BCUT2D eigenvalue weighted by Crippen LogP contribution is -2.02. The lowest BCUT2D eigenvalue weighted by molar-refractivity contribution is -0.138. The molecule has 1 saturated carbocycles. The van der Waals surface area contributed by atoms with Crippen molar-refractivity contribution < 1.29 is 14.6 Å². The minimum absolute atomic E-state index is 0.0956. The van der Waals surface area contributed by atoms with Crippen molar-refractivity contribution in [3.05, 3.63) is 29.3 Å². The van der Waals surface area contributed by atoms with Crippen LogP contribution in [0.3, 0.4) is 0 Å². The fourth-order valence-corrected chi connectivity index (χ4v) is 2.77. The molecule has 1 aliphatic carbocycles. The minimum atomic E-state index is -0.633. The number of aliphatic carboxylic acids is 1. The maximum Gasteiger partial charge on any atom is 0.306 e. The quantitative estimate of drug-likeness (QED) is 0.778. The molecule has 0 aromatic heterocycles. The molecular formula is C18H26O3. The van der Waals surface area contributed by atoms with Crippen LogP contribution < -0.4 is 4.74 Å². The van der Waals surface area contributed by atoms with Gasteiger partial charge in [-0.05, 0) is 54.7 Å². The number of carboxylic acids is 1. The van der Waals surface area contributed by atoms with E-state index in [9.17, 15) is 4.79 Å². The maximum absolute atomic E-state index is 10.9. The van der Waals surface area contributed by atoms with Crippen LogP contribution in [0.1, 0.15) is 57.1 Å². The van der Waals surface area contributed by atoms with E-state index in [0.717, 1.165) is 38.0 Å². The van der Waals surface area contributed by atoms with Crippen LogP contribution in [-0.2, 0) is 11.2 Å². The molecule has 1 N–H and O–H groups in total. The van der Waals surface area contributed by atoms with Crippen LogP contribution >= 0.6 is 0 Å². The van der Waals surface area contributed by atoms with E-state index in [1.807, 2.05) is 0 Å². The normalized spacial score (nSPS) is 20.6. The van der Waals surface area contributed by atoms with Crippen molar-refractivity contribution in [2.45, 2.75) is 52.4 Å². The van der Waals surface area contributed by atoms with Crippen molar-refractivity contribution in [1.29, 1.82) is 0 Å². The molecule has 0 spiro atoms. The zero-order valence-electron chi connectivity index (χ0n) is 13.3. The number of carboxylic acid groups (broad SMARTS) is 1. The lowest BCUT2D eigenvalue weighted by atomic mass is 9.97. The SMILES string of the molecule is CCCOc1ccc(CCC2CC2C(=O)O)cc1C(C)C. The zero-order valence-corrected chi connectivity index (χ0v) is 13.3. The van der Waals surface area contributed by atoms with Gasteiger partial charge in [-0.15, -0.1) is 0 Å². The first-order chi connectivity index (χ1) is 10.0. The van der Waals surface area contributed by atoms with Crippen LogP contribution in [0, 0.1) is 11.8 Å². The Bertz CT molecular complexity index is 493. The lowest BCUT2D eigenvalue weighted by Gasteiger charge is -2.15. The van der Waals surface area contributed by atoms with Crippen molar-refractivity contribution in [2.24, 2.45) is 11.8 Å². The summed E-state index contributed by atoms with van der Waals surface area (Å²) in [6.45, 7) is 7.22. The standard InChI is InChI=1S/C18H26O3/c1-4-9-21-17-8-6-13(10-15(17)12(2)3)5-7-14-11-16(14)18(19)20/h6,8,10,12,14,16H,4-5,7,9,11H2,1-3H3,(H,19,20). The Morgan fingerprint density at radius 2 is 2.19 bits per heavy atom. The van der Waals surface area contributed by atoms with Crippen molar-refractivity contribution in [2.75, 3.05) is 6.61 Å². The summed E-state index contributed by atoms with van der Waals surface area (Å²) in [7, 11) is 0. The monoisotopic (exact) mass is 290 g/mol. The van der Waals surface area contributed by atoms with E-state index in [4.69, 9.17) is 9.84 Å². The van der Waals surface area contributed by atoms with Gasteiger partial charge in [0.15, 0.2) is 0 Å². The van der Waals surface area contributed by atoms with Gasteiger partial charge in [-0.3, -0.25) is 4.79 Å². The Hall–Kier alpha value is -1.51. The molecule has 0 bridgehead atoms. The smallest absolute Gasteiger partial charge is 0.306 e. The van der Waals surface area contributed by atoms with Gasteiger partial charge < -0.3 is 9.84 Å². The fraction of sp³-hybridized carbons (Fsp3) is 0.611. The highest BCUT2D eigenvalue weighted by Gasteiger charge is 2.42. The Morgan fingerprint density at radius 3 is 2.76 bits per heavy atom. The summed E-state index contributed by atoms with van der Waals surface area (Å²) in [5.74, 6) is 1.07. The van der Waals surface area contributed by atoms with Gasteiger partial charge in [-0.1, -0.05) is 32.9 Å². The van der Waals surface area contributed by atoms with E-state index < -0.39 is 5.97 Å². The summed E-state index contributed by atoms with van der Waals surface area (Å²) in [4.78, 5) is 10.9. The molecule has 0 aliphatic heterocycles. The van der Waals surface area contributed by atoms with Gasteiger partial charge in [0.1, 0.15) is 5.75 Å². The highest BCUT2D eigenvalue weighted by Crippen LogP contribution is 2.42. The molecule has 3 nitrogen and oxygen atoms in total. The van der Waals surface area contributed by atoms with Gasteiger partial charge in [0, 0.05) is 0 Å². The molecule has 2 rings (SSSR count). The first-order valence-electron chi connectivity index (χ1n) is 8.01. The summed E-state index contributed by atoms with van der Waals surface area (Å²) in [5.41, 5.74) is 2.55. The van der Waals surface area contributed by atoms with Crippen LogP contribution in [0.15, 0.2) is 18.2 Å². The van der Waals surface area contributed by atoms with Crippen molar-refractivity contribution in [3.63, 3.8) is 0 Å². The highest BCUT2D eigenvalue weighted by molar-refractivity contribution is 5.73. The van der Waals surface area contributed by atoms with Crippen LogP contribution in [0.25, 0.3) is 0 Å². The first-order valence-corrected chi connectivity index (χ1v) is 8.01. The maximum atomic E-state index is 10.9. The molecule has 0 saturated heterocycles. The van der Waals surface area contributed by atoms with Crippen LogP contribution in [0.5, 0.6) is 5.75 Å². The van der Waals surface area contributed by atoms with Gasteiger partial charge in [0.05, 0.1) is 12.5 Å². The summed E-state index contributed by atoms with van der Waals surface area (Å²) >= 11 is 0. The fourth-order valence-electron chi connectivity index (χ4n) is 2.77. The number of rotatable bonds is 8. The second kappa shape index (κ2) is 6.97. The number of hydrogen-bond donors (Lipinski definition) is 1. The molecular weight excluding hydrogens is 264 g/mol. The van der Waals surface area contributed by atoms with Gasteiger partial charge in [-0.2, -0.15) is 0 Å². The summed E-state index contributed by atoms with van der Waals surface area (Å²) in [6.07, 6.45) is 3.80. The third-order valence-electron chi connectivity index (χ3n) is 4.20. The number of benzene rings is 1. The van der Waals surface area contributed by atoms with Gasteiger partial charge >= 0.3 is 5.97 Å². The summed E-state index contributed by atoms with van der Waals surface area (Å²) in [6, 6.07) is 6.42. The highest BCUT2D eigenvalue weighted by atomic mass is 16.5. The largest absolute Gasteiger partial charge is 0.493 e. The predicted molar refractivity (Wildman–Crippen MR) is 83.9 cm³/mol. The molecule has 2 atom stereocenters. The number of ether oxygens (including phenoxy) is 1. The Kier molecular flexibility index (Phi) is 5.27. The topological polar surface area (TPSA) is 46.5 Å². The van der Waals surface area contributed by atoms with E-state index in [-0.39, 0.29) is 5.92 Å². The Morgan fingerprint density at radius 1 is 1.43 bits per heavy atom. The van der Waals surface area contributed by atoms with E-state index in [2.05, 4.69) is 39.0 Å². The van der Waals surface area contributed by atoms with Crippen LogP contribution in [0.2, 0.25) is 0 Å². The molecule has 0 amide bonds. The zero-order chi connectivity index (χ0) is 15.4. The van der Waals surface area contributed by atoms with E-state index in [1.54, 1.807) is 0 Å². The second-order valence-corrected chi connectivity index (χ2v) is 6.35. The molecule has 3 heteroatoms. The first kappa shape index (κ1) is 15.9. The van der Waals surface area contributed by atoms with Crippen molar-refractivity contribution >= 4 is 5.97 Å². The van der Waals surface area contributed by atoms with E-state index >= 15 is 0 Å². The van der Waals surface area contributed by atoms with Gasteiger partial charge in [-0.25, -0.2) is 0 Å². The van der Waals surface area contributed by atoms with Crippen molar-refractivity contribution in [3.8, 4) is 5.75 Å². The third-order valence-corrected chi connectivity index (χ3v) is 4.20. The third kappa shape index (κ3) is 4.23. The minimum Gasteiger partial charge on any atom is -0.493 e. The van der Waals surface area contributed by atoms with Gasteiger partial charge in [0.2, 0.25) is 0 Å². The molecule has 0 radical (unpaired) electrons. The molecule has 0 heterocycles. The summed E-state index contributed by atoms with van der Waals surface area (Å²) < 4.78 is 5.81.